The Kier molecular flexibility index (Phi) is 5.14. The predicted octanol–water partition coefficient (Wildman–Crippen LogP) is 3.74. The van der Waals surface area contributed by atoms with Gasteiger partial charge in [-0.15, -0.1) is 0 Å². The molecule has 0 bridgehead atoms. The van der Waals surface area contributed by atoms with Gasteiger partial charge < -0.3 is 9.47 Å². The van der Waals surface area contributed by atoms with E-state index in [4.69, 9.17) is 21.1 Å². The van der Waals surface area contributed by atoms with Crippen molar-refractivity contribution >= 4 is 32.5 Å². The van der Waals surface area contributed by atoms with Crippen molar-refractivity contribution < 1.29 is 17.9 Å². The molecule has 6 nitrogen and oxygen atoms in total. The third-order valence-corrected chi connectivity index (χ3v) is 6.86. The number of hydrogen-bond donors (Lipinski definition) is 0. The molecule has 1 aliphatic heterocycles. The van der Waals surface area contributed by atoms with E-state index in [0.717, 1.165) is 10.9 Å². The summed E-state index contributed by atoms with van der Waals surface area (Å²) in [6, 6.07) is 14.1. The smallest absolute Gasteiger partial charge is 0.246 e. The van der Waals surface area contributed by atoms with Gasteiger partial charge in [0.25, 0.3) is 0 Å². The molecule has 1 atom stereocenters. The van der Waals surface area contributed by atoms with Crippen molar-refractivity contribution in [1.82, 2.24) is 9.29 Å². The standard InChI is InChI=1S/C20H19ClN2O4S/c1-26-17-8-7-15(21)12-19(17)28(24,25)23-11-9-16(13-23)27-18-6-2-4-14-5-3-10-22-20(14)18/h2-8,10,12,16H,9,11,13H2,1H3. The summed E-state index contributed by atoms with van der Waals surface area (Å²) < 4.78 is 38.9. The molecular formula is C20H19ClN2O4S. The van der Waals surface area contributed by atoms with Crippen molar-refractivity contribution in [3.63, 3.8) is 0 Å². The molecule has 28 heavy (non-hydrogen) atoms. The molecule has 0 amide bonds. The summed E-state index contributed by atoms with van der Waals surface area (Å²) in [4.78, 5) is 4.45. The van der Waals surface area contributed by atoms with Gasteiger partial charge in [0.2, 0.25) is 10.0 Å². The van der Waals surface area contributed by atoms with Gasteiger partial charge in [-0.25, -0.2) is 8.42 Å². The second kappa shape index (κ2) is 7.58. The Bertz CT molecular complexity index is 1110. The molecule has 2 aromatic carbocycles. The van der Waals surface area contributed by atoms with E-state index in [0.29, 0.717) is 23.7 Å². The molecule has 0 aliphatic carbocycles. The predicted molar refractivity (Wildman–Crippen MR) is 108 cm³/mol. The molecule has 1 unspecified atom stereocenters. The fourth-order valence-electron chi connectivity index (χ4n) is 3.35. The molecule has 0 radical (unpaired) electrons. The maximum atomic E-state index is 13.1. The van der Waals surface area contributed by atoms with E-state index in [1.165, 1.54) is 17.5 Å². The highest BCUT2D eigenvalue weighted by molar-refractivity contribution is 7.89. The van der Waals surface area contributed by atoms with Gasteiger partial charge in [-0.05, 0) is 36.8 Å². The van der Waals surface area contributed by atoms with Crippen molar-refractivity contribution in [3.05, 3.63) is 59.8 Å². The molecule has 146 valence electrons. The minimum atomic E-state index is -3.74. The third-order valence-electron chi connectivity index (χ3n) is 4.74. The number of benzene rings is 2. The number of pyridine rings is 1. The molecule has 1 saturated heterocycles. The number of nitrogens with zero attached hydrogens (tertiary/aromatic N) is 2. The van der Waals surface area contributed by atoms with Crippen molar-refractivity contribution in [1.29, 1.82) is 0 Å². The number of para-hydroxylation sites is 1. The fraction of sp³-hybridized carbons (Fsp3) is 0.250. The molecule has 1 fully saturated rings. The van der Waals surface area contributed by atoms with Gasteiger partial charge in [0.15, 0.2) is 0 Å². The van der Waals surface area contributed by atoms with Crippen LogP contribution in [0.25, 0.3) is 10.9 Å². The number of hydrogen-bond acceptors (Lipinski definition) is 5. The zero-order valence-electron chi connectivity index (χ0n) is 15.2. The maximum absolute atomic E-state index is 13.1. The Morgan fingerprint density at radius 1 is 1.14 bits per heavy atom. The first kappa shape index (κ1) is 19.0. The van der Waals surface area contributed by atoms with Crippen LogP contribution >= 0.6 is 11.6 Å². The van der Waals surface area contributed by atoms with Gasteiger partial charge in [-0.2, -0.15) is 4.31 Å². The molecule has 0 spiro atoms. The highest BCUT2D eigenvalue weighted by Gasteiger charge is 2.35. The summed E-state index contributed by atoms with van der Waals surface area (Å²) in [6.07, 6.45) is 2.05. The average molecular weight is 419 g/mol. The summed E-state index contributed by atoms with van der Waals surface area (Å²) in [5, 5.41) is 1.32. The molecular weight excluding hydrogens is 400 g/mol. The lowest BCUT2D eigenvalue weighted by molar-refractivity contribution is 0.218. The van der Waals surface area contributed by atoms with Crippen LogP contribution in [-0.2, 0) is 10.0 Å². The highest BCUT2D eigenvalue weighted by Crippen LogP contribution is 2.32. The first-order valence-corrected chi connectivity index (χ1v) is 10.6. The number of halogens is 1. The lowest BCUT2D eigenvalue weighted by Crippen LogP contribution is -2.31. The van der Waals surface area contributed by atoms with Crippen LogP contribution in [0, 0.1) is 0 Å². The number of sulfonamides is 1. The van der Waals surface area contributed by atoms with E-state index < -0.39 is 10.0 Å². The Hall–Kier alpha value is -2.35. The Morgan fingerprint density at radius 2 is 1.96 bits per heavy atom. The summed E-state index contributed by atoms with van der Waals surface area (Å²) in [7, 11) is -2.31. The Balaban J connectivity index is 1.56. The second-order valence-electron chi connectivity index (χ2n) is 6.52. The van der Waals surface area contributed by atoms with E-state index in [1.807, 2.05) is 30.3 Å². The van der Waals surface area contributed by atoms with Crippen LogP contribution in [0.1, 0.15) is 6.42 Å². The van der Waals surface area contributed by atoms with Crippen LogP contribution in [0.3, 0.4) is 0 Å². The number of rotatable bonds is 5. The van der Waals surface area contributed by atoms with E-state index in [1.54, 1.807) is 18.3 Å². The maximum Gasteiger partial charge on any atom is 0.246 e. The number of fused-ring (bicyclic) bond motifs is 1. The van der Waals surface area contributed by atoms with Crippen LogP contribution in [0.5, 0.6) is 11.5 Å². The zero-order valence-corrected chi connectivity index (χ0v) is 16.8. The minimum absolute atomic E-state index is 0.0648. The van der Waals surface area contributed by atoms with E-state index >= 15 is 0 Å². The van der Waals surface area contributed by atoms with Crippen LogP contribution in [0.15, 0.2) is 59.6 Å². The second-order valence-corrected chi connectivity index (χ2v) is 8.86. The molecule has 3 aromatic rings. The van der Waals surface area contributed by atoms with Crippen molar-refractivity contribution in [3.8, 4) is 11.5 Å². The Morgan fingerprint density at radius 3 is 2.79 bits per heavy atom. The molecule has 0 N–H and O–H groups in total. The topological polar surface area (TPSA) is 68.7 Å². The number of methoxy groups -OCH3 is 1. The van der Waals surface area contributed by atoms with Gasteiger partial charge >= 0.3 is 0 Å². The van der Waals surface area contributed by atoms with Gasteiger partial charge in [0, 0.05) is 23.2 Å². The van der Waals surface area contributed by atoms with E-state index in [9.17, 15) is 8.42 Å². The van der Waals surface area contributed by atoms with Gasteiger partial charge in [-0.3, -0.25) is 4.98 Å². The largest absolute Gasteiger partial charge is 0.495 e. The fourth-order valence-corrected chi connectivity index (χ4v) is 5.26. The van der Waals surface area contributed by atoms with Gasteiger partial charge in [-0.1, -0.05) is 29.8 Å². The molecule has 1 aromatic heterocycles. The zero-order chi connectivity index (χ0) is 19.7. The molecule has 1 aliphatic rings. The first-order valence-electron chi connectivity index (χ1n) is 8.83. The monoisotopic (exact) mass is 418 g/mol. The highest BCUT2D eigenvalue weighted by atomic mass is 35.5. The van der Waals surface area contributed by atoms with Crippen LogP contribution < -0.4 is 9.47 Å². The van der Waals surface area contributed by atoms with E-state index in [2.05, 4.69) is 4.98 Å². The summed E-state index contributed by atoms with van der Waals surface area (Å²) in [5.74, 6) is 0.926. The molecule has 8 heteroatoms. The number of ether oxygens (including phenoxy) is 2. The van der Waals surface area contributed by atoms with Crippen LogP contribution in [0.4, 0.5) is 0 Å². The van der Waals surface area contributed by atoms with Crippen molar-refractivity contribution in [2.24, 2.45) is 0 Å². The lowest BCUT2D eigenvalue weighted by atomic mass is 10.2. The van der Waals surface area contributed by atoms with Crippen molar-refractivity contribution in [2.75, 3.05) is 20.2 Å². The normalized spacial score (nSPS) is 17.7. The number of aromatic nitrogens is 1. The van der Waals surface area contributed by atoms with Crippen LogP contribution in [0.2, 0.25) is 5.02 Å². The lowest BCUT2D eigenvalue weighted by Gasteiger charge is -2.19. The van der Waals surface area contributed by atoms with Gasteiger partial charge in [0.05, 0.1) is 13.7 Å². The third kappa shape index (κ3) is 3.53. The first-order chi connectivity index (χ1) is 13.5. The van der Waals surface area contributed by atoms with Gasteiger partial charge in [0.1, 0.15) is 28.0 Å². The summed E-state index contributed by atoms with van der Waals surface area (Å²) >= 11 is 6.01. The average Bonchev–Trinajstić information content (AvgIpc) is 3.18. The molecule has 2 heterocycles. The SMILES string of the molecule is COc1ccc(Cl)cc1S(=O)(=O)N1CCC(Oc2cccc3cccnc23)C1. The summed E-state index contributed by atoms with van der Waals surface area (Å²) in [6.45, 7) is 0.613. The van der Waals surface area contributed by atoms with Crippen LogP contribution in [-0.4, -0.2) is 44.0 Å². The summed E-state index contributed by atoms with van der Waals surface area (Å²) in [5.41, 5.74) is 0.766. The van der Waals surface area contributed by atoms with Crippen molar-refractivity contribution in [2.45, 2.75) is 17.4 Å². The van der Waals surface area contributed by atoms with E-state index in [-0.39, 0.29) is 23.3 Å². The molecule has 4 rings (SSSR count). The molecule has 0 saturated carbocycles. The minimum Gasteiger partial charge on any atom is -0.495 e. The quantitative estimate of drug-likeness (QED) is 0.631. The Labute approximate surface area is 168 Å².